The molecular formula is C13H17N3O2S2. The van der Waals surface area contributed by atoms with Gasteiger partial charge in [-0.3, -0.25) is 9.71 Å². The first-order valence-electron chi connectivity index (χ1n) is 6.21. The highest BCUT2D eigenvalue weighted by molar-refractivity contribution is 7.94. The lowest BCUT2D eigenvalue weighted by atomic mass is 10.3. The van der Waals surface area contributed by atoms with E-state index in [-0.39, 0.29) is 0 Å². The van der Waals surface area contributed by atoms with Crippen LogP contribution in [0.3, 0.4) is 0 Å². The summed E-state index contributed by atoms with van der Waals surface area (Å²) in [5.74, 6) is 0. The third-order valence-corrected chi connectivity index (χ3v) is 5.41. The van der Waals surface area contributed by atoms with Gasteiger partial charge in [0.05, 0.1) is 5.69 Å². The van der Waals surface area contributed by atoms with E-state index in [2.05, 4.69) is 28.9 Å². The van der Waals surface area contributed by atoms with Gasteiger partial charge in [-0.25, -0.2) is 8.42 Å². The number of aromatic nitrogens is 1. The average Bonchev–Trinajstić information content (AvgIpc) is 2.86. The minimum atomic E-state index is -3.52. The second kappa shape index (κ2) is 6.34. The first kappa shape index (κ1) is 15.0. The number of anilines is 1. The Labute approximate surface area is 123 Å². The number of nitrogens with one attached hydrogen (secondary N) is 2. The molecule has 0 spiro atoms. The van der Waals surface area contributed by atoms with Crippen molar-refractivity contribution in [3.05, 3.63) is 41.5 Å². The molecule has 0 amide bonds. The summed E-state index contributed by atoms with van der Waals surface area (Å²) in [5.41, 5.74) is 1.48. The van der Waals surface area contributed by atoms with Crippen molar-refractivity contribution in [2.45, 2.75) is 30.6 Å². The molecule has 0 fully saturated rings. The largest absolute Gasteiger partial charge is 0.310 e. The predicted octanol–water partition coefficient (Wildman–Crippen LogP) is 2.44. The summed E-state index contributed by atoms with van der Waals surface area (Å²) in [5, 5.41) is 5.12. The molecule has 7 heteroatoms. The van der Waals surface area contributed by atoms with Crippen LogP contribution in [0.1, 0.15) is 19.4 Å². The normalized spacial score (nSPS) is 11.8. The lowest BCUT2D eigenvalue weighted by molar-refractivity contribution is 0.589. The summed E-state index contributed by atoms with van der Waals surface area (Å²) < 4.78 is 27.3. The summed E-state index contributed by atoms with van der Waals surface area (Å²) in [4.78, 5) is 3.85. The summed E-state index contributed by atoms with van der Waals surface area (Å²) in [7, 11) is -3.52. The SMILES string of the molecule is CC(C)NCc1csc(S(=O)(=O)Nc2ccncc2)c1. The maximum Gasteiger partial charge on any atom is 0.271 e. The van der Waals surface area contributed by atoms with Gasteiger partial charge in [-0.05, 0) is 29.1 Å². The molecule has 0 saturated heterocycles. The van der Waals surface area contributed by atoms with E-state index in [1.54, 1.807) is 30.6 Å². The molecule has 2 rings (SSSR count). The Balaban J connectivity index is 2.10. The third-order valence-electron chi connectivity index (χ3n) is 2.54. The first-order chi connectivity index (χ1) is 9.47. The molecule has 2 aromatic rings. The van der Waals surface area contributed by atoms with Crippen molar-refractivity contribution in [3.8, 4) is 0 Å². The van der Waals surface area contributed by atoms with Crippen molar-refractivity contribution >= 4 is 27.0 Å². The van der Waals surface area contributed by atoms with E-state index >= 15 is 0 Å². The van der Waals surface area contributed by atoms with Gasteiger partial charge in [0.1, 0.15) is 4.21 Å². The number of pyridine rings is 1. The van der Waals surface area contributed by atoms with Crippen molar-refractivity contribution in [1.82, 2.24) is 10.3 Å². The summed E-state index contributed by atoms with van der Waals surface area (Å²) in [6, 6.07) is 5.30. The van der Waals surface area contributed by atoms with Crippen LogP contribution in [0.4, 0.5) is 5.69 Å². The van der Waals surface area contributed by atoms with E-state index in [4.69, 9.17) is 0 Å². The third kappa shape index (κ3) is 4.03. The summed E-state index contributed by atoms with van der Waals surface area (Å²) >= 11 is 1.22. The lowest BCUT2D eigenvalue weighted by Crippen LogP contribution is -2.21. The Morgan fingerprint density at radius 2 is 2.00 bits per heavy atom. The topological polar surface area (TPSA) is 71.1 Å². The number of hydrogen-bond acceptors (Lipinski definition) is 5. The second-order valence-electron chi connectivity index (χ2n) is 4.65. The Bertz CT molecular complexity index is 651. The fourth-order valence-electron chi connectivity index (χ4n) is 1.53. The predicted molar refractivity (Wildman–Crippen MR) is 81.3 cm³/mol. The number of nitrogens with zero attached hydrogens (tertiary/aromatic N) is 1. The van der Waals surface area contributed by atoms with Gasteiger partial charge in [-0.2, -0.15) is 0 Å². The molecule has 0 atom stereocenters. The van der Waals surface area contributed by atoms with E-state index < -0.39 is 10.0 Å². The lowest BCUT2D eigenvalue weighted by Gasteiger charge is -2.06. The van der Waals surface area contributed by atoms with Crippen molar-refractivity contribution in [3.63, 3.8) is 0 Å². The van der Waals surface area contributed by atoms with E-state index in [0.717, 1.165) is 5.56 Å². The molecule has 0 unspecified atom stereocenters. The minimum Gasteiger partial charge on any atom is -0.310 e. The molecule has 0 radical (unpaired) electrons. The van der Waals surface area contributed by atoms with Crippen molar-refractivity contribution in [2.75, 3.05) is 4.72 Å². The maximum atomic E-state index is 12.2. The van der Waals surface area contributed by atoms with Crippen LogP contribution >= 0.6 is 11.3 Å². The van der Waals surface area contributed by atoms with Crippen LogP contribution in [0.15, 0.2) is 40.2 Å². The molecule has 2 aromatic heterocycles. The molecular weight excluding hydrogens is 294 g/mol. The van der Waals surface area contributed by atoms with E-state index in [1.165, 1.54) is 11.3 Å². The number of rotatable bonds is 6. The van der Waals surface area contributed by atoms with Gasteiger partial charge in [-0.15, -0.1) is 11.3 Å². The van der Waals surface area contributed by atoms with E-state index in [1.807, 2.05) is 5.38 Å². The standard InChI is InChI=1S/C13H17N3O2S2/c1-10(2)15-8-11-7-13(19-9-11)20(17,18)16-12-3-5-14-6-4-12/h3-7,9-10,15H,8H2,1-2H3,(H,14,16). The van der Waals surface area contributed by atoms with Gasteiger partial charge in [0.2, 0.25) is 0 Å². The highest BCUT2D eigenvalue weighted by Gasteiger charge is 2.16. The number of hydrogen-bond donors (Lipinski definition) is 2. The fraction of sp³-hybridized carbons (Fsp3) is 0.308. The van der Waals surface area contributed by atoms with Crippen molar-refractivity contribution in [2.24, 2.45) is 0 Å². The molecule has 0 aliphatic carbocycles. The Morgan fingerprint density at radius 1 is 1.30 bits per heavy atom. The van der Waals surface area contributed by atoms with Gasteiger partial charge in [0, 0.05) is 25.0 Å². The molecule has 5 nitrogen and oxygen atoms in total. The van der Waals surface area contributed by atoms with Crippen LogP contribution in [-0.2, 0) is 16.6 Å². The smallest absolute Gasteiger partial charge is 0.271 e. The van der Waals surface area contributed by atoms with E-state index in [9.17, 15) is 8.42 Å². The first-order valence-corrected chi connectivity index (χ1v) is 8.57. The van der Waals surface area contributed by atoms with Gasteiger partial charge in [-0.1, -0.05) is 13.8 Å². The highest BCUT2D eigenvalue weighted by Crippen LogP contribution is 2.22. The van der Waals surface area contributed by atoms with Gasteiger partial charge < -0.3 is 5.32 Å². The summed E-state index contributed by atoms with van der Waals surface area (Å²) in [6.07, 6.45) is 3.09. The second-order valence-corrected chi connectivity index (χ2v) is 7.47. The van der Waals surface area contributed by atoms with Crippen LogP contribution in [-0.4, -0.2) is 19.4 Å². The molecule has 0 aliphatic rings. The molecule has 2 N–H and O–H groups in total. The van der Waals surface area contributed by atoms with Gasteiger partial charge >= 0.3 is 0 Å². The molecule has 0 aromatic carbocycles. The van der Waals surface area contributed by atoms with Crippen LogP contribution < -0.4 is 10.0 Å². The van der Waals surface area contributed by atoms with Crippen LogP contribution in [0.25, 0.3) is 0 Å². The molecule has 2 heterocycles. The Morgan fingerprint density at radius 3 is 2.65 bits per heavy atom. The zero-order valence-corrected chi connectivity index (χ0v) is 13.0. The van der Waals surface area contributed by atoms with Crippen LogP contribution in [0, 0.1) is 0 Å². The number of thiophene rings is 1. The molecule has 0 aliphatic heterocycles. The van der Waals surface area contributed by atoms with Gasteiger partial charge in [0.25, 0.3) is 10.0 Å². The van der Waals surface area contributed by atoms with Gasteiger partial charge in [0.15, 0.2) is 0 Å². The zero-order valence-electron chi connectivity index (χ0n) is 11.3. The molecule has 108 valence electrons. The number of sulfonamides is 1. The minimum absolute atomic E-state index is 0.315. The highest BCUT2D eigenvalue weighted by atomic mass is 32.2. The molecule has 20 heavy (non-hydrogen) atoms. The average molecular weight is 311 g/mol. The van der Waals surface area contributed by atoms with E-state index in [0.29, 0.717) is 22.5 Å². The summed E-state index contributed by atoms with van der Waals surface area (Å²) in [6.45, 7) is 4.77. The van der Waals surface area contributed by atoms with Crippen molar-refractivity contribution in [1.29, 1.82) is 0 Å². The molecule has 0 saturated carbocycles. The van der Waals surface area contributed by atoms with Crippen LogP contribution in [0.5, 0.6) is 0 Å². The quantitative estimate of drug-likeness (QED) is 0.859. The Kier molecular flexibility index (Phi) is 4.74. The zero-order chi connectivity index (χ0) is 14.6. The fourth-order valence-corrected chi connectivity index (χ4v) is 3.80. The Hall–Kier alpha value is -1.44. The van der Waals surface area contributed by atoms with Crippen molar-refractivity contribution < 1.29 is 8.42 Å². The van der Waals surface area contributed by atoms with Crippen LogP contribution in [0.2, 0.25) is 0 Å². The monoisotopic (exact) mass is 311 g/mol. The maximum absolute atomic E-state index is 12.2. The molecule has 0 bridgehead atoms.